The van der Waals surface area contributed by atoms with Crippen LogP contribution >= 0.6 is 0 Å². The van der Waals surface area contributed by atoms with Crippen LogP contribution < -0.4 is 0 Å². The summed E-state index contributed by atoms with van der Waals surface area (Å²) in [5, 5.41) is 0. The molecule has 0 radical (unpaired) electrons. The molecule has 1 rings (SSSR count). The third kappa shape index (κ3) is 5.90. The van der Waals surface area contributed by atoms with Crippen LogP contribution in [0.5, 0.6) is 0 Å². The lowest BCUT2D eigenvalue weighted by atomic mass is 9.63. The van der Waals surface area contributed by atoms with Crippen LogP contribution in [0.15, 0.2) is 0 Å². The predicted octanol–water partition coefficient (Wildman–Crippen LogP) is 6.69. The standard InChI is InChI=1S/C18H32.C2H6/c1-6-8-12-18(11-7-2)13-9-17(10-14-18)16(5)15(3)4;1-2/h1,15-17H,7-14H2,2-5H3;1-2H3. The quantitative estimate of drug-likeness (QED) is 0.474. The van der Waals surface area contributed by atoms with E-state index in [0.29, 0.717) is 5.41 Å². The highest BCUT2D eigenvalue weighted by Crippen LogP contribution is 2.48. The first-order valence-electron chi connectivity index (χ1n) is 8.98. The molecule has 0 aliphatic heterocycles. The van der Waals surface area contributed by atoms with Crippen molar-refractivity contribution in [3.8, 4) is 12.3 Å². The number of rotatable bonds is 6. The van der Waals surface area contributed by atoms with Gasteiger partial charge in [0.15, 0.2) is 0 Å². The first kappa shape index (κ1) is 19.6. The summed E-state index contributed by atoms with van der Waals surface area (Å²) in [6.07, 6.45) is 16.1. The summed E-state index contributed by atoms with van der Waals surface area (Å²) in [6.45, 7) is 13.5. The number of terminal acetylenes is 1. The van der Waals surface area contributed by atoms with Crippen LogP contribution in [0.25, 0.3) is 0 Å². The van der Waals surface area contributed by atoms with Crippen LogP contribution in [0, 0.1) is 35.5 Å². The van der Waals surface area contributed by atoms with Gasteiger partial charge in [-0.15, -0.1) is 12.3 Å². The van der Waals surface area contributed by atoms with Gasteiger partial charge >= 0.3 is 0 Å². The van der Waals surface area contributed by atoms with Crippen LogP contribution in [0.4, 0.5) is 0 Å². The normalized spacial score (nSPS) is 27.4. The summed E-state index contributed by atoms with van der Waals surface area (Å²) in [4.78, 5) is 0. The molecule has 0 saturated heterocycles. The van der Waals surface area contributed by atoms with E-state index >= 15 is 0 Å². The molecule has 0 N–H and O–H groups in total. The highest BCUT2D eigenvalue weighted by molar-refractivity contribution is 4.92. The molecule has 0 spiro atoms. The minimum Gasteiger partial charge on any atom is -0.120 e. The zero-order valence-corrected chi connectivity index (χ0v) is 15.0. The van der Waals surface area contributed by atoms with Gasteiger partial charge in [-0.1, -0.05) is 48.0 Å². The Balaban J connectivity index is 0.00000172. The van der Waals surface area contributed by atoms with E-state index < -0.39 is 0 Å². The van der Waals surface area contributed by atoms with Gasteiger partial charge in [0.25, 0.3) is 0 Å². The molecule has 20 heavy (non-hydrogen) atoms. The Hall–Kier alpha value is -0.440. The monoisotopic (exact) mass is 278 g/mol. The third-order valence-electron chi connectivity index (χ3n) is 5.47. The fraction of sp³-hybridized carbons (Fsp3) is 0.900. The third-order valence-corrected chi connectivity index (χ3v) is 5.47. The highest BCUT2D eigenvalue weighted by Gasteiger charge is 2.35. The van der Waals surface area contributed by atoms with Crippen LogP contribution in [-0.2, 0) is 0 Å². The summed E-state index contributed by atoms with van der Waals surface area (Å²) < 4.78 is 0. The lowest BCUT2D eigenvalue weighted by Gasteiger charge is -2.42. The van der Waals surface area contributed by atoms with Crippen LogP contribution in [0.2, 0.25) is 0 Å². The van der Waals surface area contributed by atoms with Gasteiger partial charge in [-0.2, -0.15) is 0 Å². The molecule has 1 unspecified atom stereocenters. The van der Waals surface area contributed by atoms with Gasteiger partial charge in [0.05, 0.1) is 0 Å². The first-order chi connectivity index (χ1) is 9.54. The Morgan fingerprint density at radius 3 is 2.05 bits per heavy atom. The fourth-order valence-corrected chi connectivity index (χ4v) is 3.82. The molecule has 0 amide bonds. The van der Waals surface area contributed by atoms with E-state index in [1.165, 1.54) is 44.9 Å². The molecule has 1 aliphatic carbocycles. The number of hydrogen-bond acceptors (Lipinski definition) is 0. The van der Waals surface area contributed by atoms with Gasteiger partial charge in [0.2, 0.25) is 0 Å². The van der Waals surface area contributed by atoms with Crippen molar-refractivity contribution < 1.29 is 0 Å². The summed E-state index contributed by atoms with van der Waals surface area (Å²) in [5.74, 6) is 5.53. The lowest BCUT2D eigenvalue weighted by Crippen LogP contribution is -2.31. The van der Waals surface area contributed by atoms with Crippen molar-refractivity contribution >= 4 is 0 Å². The molecule has 0 bridgehead atoms. The molecule has 0 aromatic rings. The van der Waals surface area contributed by atoms with E-state index in [1.54, 1.807) is 0 Å². The molecule has 1 fully saturated rings. The summed E-state index contributed by atoms with van der Waals surface area (Å²) in [7, 11) is 0. The predicted molar refractivity (Wildman–Crippen MR) is 92.7 cm³/mol. The molecule has 1 aliphatic rings. The molecule has 0 nitrogen and oxygen atoms in total. The molecule has 0 aromatic heterocycles. The Bertz CT molecular complexity index is 260. The van der Waals surface area contributed by atoms with E-state index in [2.05, 4.69) is 33.6 Å². The maximum absolute atomic E-state index is 5.47. The molecule has 1 saturated carbocycles. The Morgan fingerprint density at radius 2 is 1.65 bits per heavy atom. The number of hydrogen-bond donors (Lipinski definition) is 0. The van der Waals surface area contributed by atoms with Crippen molar-refractivity contribution in [1.29, 1.82) is 0 Å². The Labute approximate surface area is 129 Å². The average Bonchev–Trinajstić information content (AvgIpc) is 2.47. The fourth-order valence-electron chi connectivity index (χ4n) is 3.82. The maximum Gasteiger partial charge on any atom is 0.00913 e. The van der Waals surface area contributed by atoms with Crippen LogP contribution in [0.3, 0.4) is 0 Å². The lowest BCUT2D eigenvalue weighted by molar-refractivity contribution is 0.0903. The van der Waals surface area contributed by atoms with Gasteiger partial charge in [0, 0.05) is 6.42 Å². The smallest absolute Gasteiger partial charge is 0.00913 e. The molecule has 118 valence electrons. The second-order valence-corrected chi connectivity index (χ2v) is 6.89. The van der Waals surface area contributed by atoms with E-state index in [0.717, 1.165) is 24.2 Å². The van der Waals surface area contributed by atoms with Crippen molar-refractivity contribution in [3.05, 3.63) is 0 Å². The Kier molecular flexibility index (Phi) is 10.1. The summed E-state index contributed by atoms with van der Waals surface area (Å²) in [5.41, 5.74) is 0.592. The van der Waals surface area contributed by atoms with Crippen molar-refractivity contribution in [1.82, 2.24) is 0 Å². The van der Waals surface area contributed by atoms with Gasteiger partial charge in [-0.25, -0.2) is 0 Å². The van der Waals surface area contributed by atoms with Crippen LogP contribution in [0.1, 0.15) is 92.9 Å². The topological polar surface area (TPSA) is 0 Å². The largest absolute Gasteiger partial charge is 0.120 e. The molecular formula is C20H38. The van der Waals surface area contributed by atoms with E-state index in [9.17, 15) is 0 Å². The van der Waals surface area contributed by atoms with Gasteiger partial charge in [-0.05, 0) is 61.7 Å². The second kappa shape index (κ2) is 10.3. The van der Waals surface area contributed by atoms with Gasteiger partial charge < -0.3 is 0 Å². The van der Waals surface area contributed by atoms with Crippen LogP contribution in [-0.4, -0.2) is 0 Å². The Morgan fingerprint density at radius 1 is 1.10 bits per heavy atom. The van der Waals surface area contributed by atoms with Crippen molar-refractivity contribution in [3.63, 3.8) is 0 Å². The minimum atomic E-state index is 0.592. The molecular weight excluding hydrogens is 240 g/mol. The second-order valence-electron chi connectivity index (χ2n) is 6.89. The van der Waals surface area contributed by atoms with E-state index in [-0.39, 0.29) is 0 Å². The molecule has 0 aromatic carbocycles. The highest BCUT2D eigenvalue weighted by atomic mass is 14.4. The van der Waals surface area contributed by atoms with Crippen molar-refractivity contribution in [2.45, 2.75) is 92.9 Å². The van der Waals surface area contributed by atoms with Crippen molar-refractivity contribution in [2.24, 2.45) is 23.2 Å². The van der Waals surface area contributed by atoms with E-state index in [1.807, 2.05) is 13.8 Å². The average molecular weight is 279 g/mol. The summed E-state index contributed by atoms with van der Waals surface area (Å²) >= 11 is 0. The van der Waals surface area contributed by atoms with E-state index in [4.69, 9.17) is 6.42 Å². The molecule has 0 heteroatoms. The molecule has 1 atom stereocenters. The zero-order valence-electron chi connectivity index (χ0n) is 15.0. The first-order valence-corrected chi connectivity index (χ1v) is 8.98. The molecule has 0 heterocycles. The minimum absolute atomic E-state index is 0.592. The maximum atomic E-state index is 5.47. The SMILES string of the molecule is C#CCCC1(CCC)CCC(C(C)C(C)C)CC1.CC. The van der Waals surface area contributed by atoms with Crippen molar-refractivity contribution in [2.75, 3.05) is 0 Å². The zero-order chi connectivity index (χ0) is 15.6. The summed E-state index contributed by atoms with van der Waals surface area (Å²) in [6, 6.07) is 0. The van der Waals surface area contributed by atoms with Gasteiger partial charge in [-0.3, -0.25) is 0 Å². The van der Waals surface area contributed by atoms with Gasteiger partial charge in [0.1, 0.15) is 0 Å².